The van der Waals surface area contributed by atoms with Crippen molar-refractivity contribution in [2.24, 2.45) is 0 Å². The van der Waals surface area contributed by atoms with Gasteiger partial charge in [-0.25, -0.2) is 0 Å². The summed E-state index contributed by atoms with van der Waals surface area (Å²) in [5.74, 6) is 0.431. The Hall–Kier alpha value is -1.97. The third-order valence-electron chi connectivity index (χ3n) is 3.11. The summed E-state index contributed by atoms with van der Waals surface area (Å²) in [6.45, 7) is 0.331. The Morgan fingerprint density at radius 2 is 1.76 bits per heavy atom. The maximum absolute atomic E-state index is 6.11. The van der Waals surface area contributed by atoms with E-state index in [0.717, 1.165) is 16.5 Å². The fraction of sp³-hybridized carbons (Fsp3) is 0.0625. The number of nitrogens with zero attached hydrogens (tertiary/aromatic N) is 1. The van der Waals surface area contributed by atoms with E-state index in [0.29, 0.717) is 28.1 Å². The zero-order valence-electron chi connectivity index (χ0n) is 11.0. The third-order valence-corrected chi connectivity index (χ3v) is 3.67. The lowest BCUT2D eigenvalue weighted by molar-refractivity contribution is 0.308. The lowest BCUT2D eigenvalue weighted by atomic mass is 10.1. The maximum Gasteiger partial charge on any atom is 0.157 e. The molecule has 2 aromatic carbocycles. The SMILES string of the molecule is Nc1cc(Cl)c(OCc2cccc3cccnc23)c(Cl)c1. The van der Waals surface area contributed by atoms with E-state index >= 15 is 0 Å². The largest absolute Gasteiger partial charge is 0.486 e. The van der Waals surface area contributed by atoms with Gasteiger partial charge in [-0.05, 0) is 18.2 Å². The number of hydrogen-bond donors (Lipinski definition) is 1. The van der Waals surface area contributed by atoms with Crippen molar-refractivity contribution in [1.82, 2.24) is 4.98 Å². The minimum atomic E-state index is 0.331. The van der Waals surface area contributed by atoms with E-state index in [2.05, 4.69) is 4.98 Å². The molecule has 0 atom stereocenters. The average Bonchev–Trinajstić information content (AvgIpc) is 2.46. The van der Waals surface area contributed by atoms with Gasteiger partial charge in [-0.1, -0.05) is 47.5 Å². The molecule has 2 N–H and O–H groups in total. The number of anilines is 1. The van der Waals surface area contributed by atoms with Gasteiger partial charge in [0.05, 0.1) is 15.6 Å². The first-order valence-electron chi connectivity index (χ1n) is 6.35. The van der Waals surface area contributed by atoms with Crippen molar-refractivity contribution in [3.63, 3.8) is 0 Å². The molecule has 0 saturated heterocycles. The van der Waals surface area contributed by atoms with E-state index < -0.39 is 0 Å². The number of fused-ring (bicyclic) bond motifs is 1. The summed E-state index contributed by atoms with van der Waals surface area (Å²) < 4.78 is 5.76. The Morgan fingerprint density at radius 1 is 1.05 bits per heavy atom. The Balaban J connectivity index is 1.91. The van der Waals surface area contributed by atoms with Gasteiger partial charge < -0.3 is 10.5 Å². The van der Waals surface area contributed by atoms with E-state index in [-0.39, 0.29) is 0 Å². The topological polar surface area (TPSA) is 48.1 Å². The average molecular weight is 319 g/mol. The molecule has 3 nitrogen and oxygen atoms in total. The van der Waals surface area contributed by atoms with Crippen LogP contribution in [0.4, 0.5) is 5.69 Å². The minimum absolute atomic E-state index is 0.331. The first kappa shape index (κ1) is 14.0. The lowest BCUT2D eigenvalue weighted by Gasteiger charge is -2.12. The van der Waals surface area contributed by atoms with Gasteiger partial charge in [0.25, 0.3) is 0 Å². The van der Waals surface area contributed by atoms with E-state index in [1.807, 2.05) is 30.3 Å². The number of ether oxygens (including phenoxy) is 1. The van der Waals surface area contributed by atoms with Gasteiger partial charge >= 0.3 is 0 Å². The van der Waals surface area contributed by atoms with Crippen LogP contribution in [0.1, 0.15) is 5.56 Å². The number of hydrogen-bond acceptors (Lipinski definition) is 3. The number of rotatable bonds is 3. The van der Waals surface area contributed by atoms with Crippen LogP contribution in [0.5, 0.6) is 5.75 Å². The van der Waals surface area contributed by atoms with Gasteiger partial charge in [0.15, 0.2) is 5.75 Å². The van der Waals surface area contributed by atoms with Crippen molar-refractivity contribution >= 4 is 39.8 Å². The van der Waals surface area contributed by atoms with E-state index in [4.69, 9.17) is 33.7 Å². The molecule has 1 heterocycles. The molecule has 0 amide bonds. The molecule has 106 valence electrons. The molecule has 0 radical (unpaired) electrons. The van der Waals surface area contributed by atoms with Crippen molar-refractivity contribution in [2.45, 2.75) is 6.61 Å². The molecule has 1 aromatic heterocycles. The lowest BCUT2D eigenvalue weighted by Crippen LogP contribution is -1.99. The predicted molar refractivity (Wildman–Crippen MR) is 86.9 cm³/mol. The van der Waals surface area contributed by atoms with Crippen molar-refractivity contribution in [2.75, 3.05) is 5.73 Å². The van der Waals surface area contributed by atoms with Crippen molar-refractivity contribution < 1.29 is 4.74 Å². The highest BCUT2D eigenvalue weighted by Gasteiger charge is 2.10. The van der Waals surface area contributed by atoms with Crippen LogP contribution in [0.25, 0.3) is 10.9 Å². The van der Waals surface area contributed by atoms with Crippen molar-refractivity contribution in [3.8, 4) is 5.75 Å². The summed E-state index contributed by atoms with van der Waals surface area (Å²) in [5, 5.41) is 1.86. The second-order valence-corrected chi connectivity index (χ2v) is 5.41. The Labute approximate surface area is 132 Å². The molecule has 0 unspecified atom stereocenters. The molecule has 3 aromatic rings. The molecular formula is C16H12Cl2N2O. The summed E-state index contributed by atoms with van der Waals surface area (Å²) >= 11 is 12.2. The number of nitrogen functional groups attached to an aromatic ring is 1. The number of para-hydroxylation sites is 1. The highest BCUT2D eigenvalue weighted by Crippen LogP contribution is 2.35. The second-order valence-electron chi connectivity index (χ2n) is 4.59. The number of pyridine rings is 1. The van der Waals surface area contributed by atoms with Gasteiger partial charge in [0, 0.05) is 22.8 Å². The summed E-state index contributed by atoms with van der Waals surface area (Å²) in [5.41, 5.74) is 8.05. The van der Waals surface area contributed by atoms with Gasteiger partial charge in [-0.15, -0.1) is 0 Å². The molecule has 0 saturated carbocycles. The molecule has 0 aliphatic heterocycles. The molecule has 0 aliphatic carbocycles. The number of nitrogens with two attached hydrogens (primary N) is 1. The van der Waals surface area contributed by atoms with Crippen LogP contribution in [0.15, 0.2) is 48.7 Å². The van der Waals surface area contributed by atoms with E-state index in [1.165, 1.54) is 0 Å². The van der Waals surface area contributed by atoms with E-state index in [9.17, 15) is 0 Å². The maximum atomic E-state index is 6.11. The first-order chi connectivity index (χ1) is 10.1. The smallest absolute Gasteiger partial charge is 0.157 e. The molecule has 0 spiro atoms. The fourth-order valence-corrected chi connectivity index (χ4v) is 2.76. The van der Waals surface area contributed by atoms with Crippen molar-refractivity contribution in [1.29, 1.82) is 0 Å². The Bertz CT molecular complexity index is 777. The summed E-state index contributed by atoms with van der Waals surface area (Å²) in [4.78, 5) is 4.39. The molecule has 0 fully saturated rings. The second kappa shape index (κ2) is 5.80. The van der Waals surface area contributed by atoms with Crippen LogP contribution in [-0.4, -0.2) is 4.98 Å². The standard InChI is InChI=1S/C16H12Cl2N2O/c17-13-7-12(19)8-14(18)16(13)21-9-11-4-1-3-10-5-2-6-20-15(10)11/h1-8H,9,19H2. The monoisotopic (exact) mass is 318 g/mol. The quantitative estimate of drug-likeness (QED) is 0.712. The van der Waals surface area contributed by atoms with Crippen LogP contribution in [0.2, 0.25) is 10.0 Å². The zero-order chi connectivity index (χ0) is 14.8. The van der Waals surface area contributed by atoms with Gasteiger partial charge in [-0.2, -0.15) is 0 Å². The number of halogens is 2. The summed E-state index contributed by atoms with van der Waals surface area (Å²) in [6, 6.07) is 13.1. The van der Waals surface area contributed by atoms with Crippen LogP contribution >= 0.6 is 23.2 Å². The molecule has 21 heavy (non-hydrogen) atoms. The summed E-state index contributed by atoms with van der Waals surface area (Å²) in [6.07, 6.45) is 1.76. The fourth-order valence-electron chi connectivity index (χ4n) is 2.15. The minimum Gasteiger partial charge on any atom is -0.486 e. The van der Waals surface area contributed by atoms with Crippen LogP contribution in [0.3, 0.4) is 0 Å². The van der Waals surface area contributed by atoms with Crippen LogP contribution < -0.4 is 10.5 Å². The summed E-state index contributed by atoms with van der Waals surface area (Å²) in [7, 11) is 0. The third kappa shape index (κ3) is 2.89. The highest BCUT2D eigenvalue weighted by atomic mass is 35.5. The van der Waals surface area contributed by atoms with Gasteiger partial charge in [0.1, 0.15) is 6.61 Å². The van der Waals surface area contributed by atoms with Crippen LogP contribution in [0, 0.1) is 0 Å². The van der Waals surface area contributed by atoms with Gasteiger partial charge in [-0.3, -0.25) is 4.98 Å². The highest BCUT2D eigenvalue weighted by molar-refractivity contribution is 6.37. The first-order valence-corrected chi connectivity index (χ1v) is 7.10. The Morgan fingerprint density at radius 3 is 2.52 bits per heavy atom. The predicted octanol–water partition coefficient (Wildman–Crippen LogP) is 4.70. The van der Waals surface area contributed by atoms with Crippen molar-refractivity contribution in [3.05, 3.63) is 64.3 Å². The van der Waals surface area contributed by atoms with Gasteiger partial charge in [0.2, 0.25) is 0 Å². The molecule has 3 rings (SSSR count). The van der Waals surface area contributed by atoms with E-state index in [1.54, 1.807) is 18.3 Å². The molecular weight excluding hydrogens is 307 g/mol. The zero-order valence-corrected chi connectivity index (χ0v) is 12.5. The number of aromatic nitrogens is 1. The molecule has 0 aliphatic rings. The Kier molecular flexibility index (Phi) is 3.86. The normalized spacial score (nSPS) is 10.8. The number of benzene rings is 2. The van der Waals surface area contributed by atoms with Crippen LogP contribution in [-0.2, 0) is 6.61 Å². The molecule has 5 heteroatoms. The molecule has 0 bridgehead atoms.